The summed E-state index contributed by atoms with van der Waals surface area (Å²) in [5.41, 5.74) is 0.400. The van der Waals surface area contributed by atoms with Gasteiger partial charge in [-0.05, 0) is 12.0 Å². The fraction of sp³-hybridized carbons (Fsp3) is 0.300. The van der Waals surface area contributed by atoms with Gasteiger partial charge >= 0.3 is 0 Å². The van der Waals surface area contributed by atoms with Gasteiger partial charge in [0.15, 0.2) is 5.82 Å². The molecule has 3 heteroatoms. The molecule has 0 aliphatic heterocycles. The van der Waals surface area contributed by atoms with E-state index in [4.69, 9.17) is 0 Å². The van der Waals surface area contributed by atoms with Crippen molar-refractivity contribution < 1.29 is 4.39 Å². The van der Waals surface area contributed by atoms with Crippen molar-refractivity contribution in [3.05, 3.63) is 30.4 Å². The van der Waals surface area contributed by atoms with Crippen molar-refractivity contribution in [3.8, 4) is 0 Å². The maximum Gasteiger partial charge on any atom is 0.168 e. The number of hydrogen-bond acceptors (Lipinski definition) is 1. The Morgan fingerprint density at radius 2 is 2.31 bits per heavy atom. The van der Waals surface area contributed by atoms with Crippen LogP contribution in [-0.2, 0) is 0 Å². The zero-order valence-electron chi connectivity index (χ0n) is 7.87. The topological polar surface area (TPSA) is 17.8 Å². The van der Waals surface area contributed by atoms with Crippen molar-refractivity contribution in [1.82, 2.24) is 9.78 Å². The largest absolute Gasteiger partial charge is 0.238 e. The Morgan fingerprint density at radius 1 is 1.62 bits per heavy atom. The van der Waals surface area contributed by atoms with Crippen LogP contribution in [0.4, 0.5) is 4.39 Å². The maximum absolute atomic E-state index is 12.9. The third-order valence-electron chi connectivity index (χ3n) is 1.59. The van der Waals surface area contributed by atoms with Crippen LogP contribution >= 0.6 is 0 Å². The molecule has 0 spiro atoms. The van der Waals surface area contributed by atoms with Gasteiger partial charge in [-0.3, -0.25) is 0 Å². The highest BCUT2D eigenvalue weighted by Crippen LogP contribution is 2.08. The van der Waals surface area contributed by atoms with Crippen LogP contribution in [0.3, 0.4) is 0 Å². The Labute approximate surface area is 77.4 Å². The first-order valence-corrected chi connectivity index (χ1v) is 4.19. The Bertz CT molecular complexity index is 324. The summed E-state index contributed by atoms with van der Waals surface area (Å²) in [5, 5.41) is 3.84. The van der Waals surface area contributed by atoms with Crippen LogP contribution in [0.25, 0.3) is 12.3 Å². The third-order valence-corrected chi connectivity index (χ3v) is 1.59. The molecule has 0 amide bonds. The van der Waals surface area contributed by atoms with Gasteiger partial charge in [0.2, 0.25) is 0 Å². The van der Waals surface area contributed by atoms with Crippen molar-refractivity contribution in [1.29, 1.82) is 0 Å². The van der Waals surface area contributed by atoms with Crippen LogP contribution in [-0.4, -0.2) is 9.78 Å². The van der Waals surface area contributed by atoms with Crippen molar-refractivity contribution >= 4 is 12.3 Å². The van der Waals surface area contributed by atoms with Crippen LogP contribution in [0.5, 0.6) is 0 Å². The van der Waals surface area contributed by atoms with Gasteiger partial charge in [0.1, 0.15) is 5.69 Å². The molecule has 70 valence electrons. The van der Waals surface area contributed by atoms with Gasteiger partial charge in [0.25, 0.3) is 0 Å². The summed E-state index contributed by atoms with van der Waals surface area (Å²) in [6.45, 7) is 7.61. The zero-order chi connectivity index (χ0) is 9.84. The minimum atomic E-state index is -0.344. The first kappa shape index (κ1) is 9.71. The lowest BCUT2D eigenvalue weighted by molar-refractivity contribution is 0.624. The Kier molecular flexibility index (Phi) is 3.01. The molecule has 1 rings (SSSR count). The molecule has 1 heterocycles. The summed E-state index contributed by atoms with van der Waals surface area (Å²) in [5.74, 6) is 0.0772. The predicted octanol–water partition coefficient (Wildman–Crippen LogP) is 2.79. The van der Waals surface area contributed by atoms with E-state index in [1.807, 2.05) is 19.9 Å². The summed E-state index contributed by atoms with van der Waals surface area (Å²) in [7, 11) is 0. The molecule has 2 nitrogen and oxygen atoms in total. The highest BCUT2D eigenvalue weighted by molar-refractivity contribution is 5.46. The highest BCUT2D eigenvalue weighted by Gasteiger charge is 2.03. The van der Waals surface area contributed by atoms with Crippen molar-refractivity contribution in [2.24, 2.45) is 5.92 Å². The molecular weight excluding hydrogens is 167 g/mol. The van der Waals surface area contributed by atoms with Crippen molar-refractivity contribution in [2.45, 2.75) is 13.8 Å². The molecule has 0 unspecified atom stereocenters. The second-order valence-electron chi connectivity index (χ2n) is 3.11. The first-order chi connectivity index (χ1) is 6.15. The second-order valence-corrected chi connectivity index (χ2v) is 3.11. The van der Waals surface area contributed by atoms with E-state index in [-0.39, 0.29) is 5.82 Å². The lowest BCUT2D eigenvalue weighted by Gasteiger charge is -1.97. The fourth-order valence-corrected chi connectivity index (χ4v) is 0.914. The van der Waals surface area contributed by atoms with E-state index in [0.29, 0.717) is 11.6 Å². The molecule has 0 fully saturated rings. The Balaban J connectivity index is 2.94. The van der Waals surface area contributed by atoms with Crippen molar-refractivity contribution in [3.63, 3.8) is 0 Å². The molecule has 13 heavy (non-hydrogen) atoms. The van der Waals surface area contributed by atoms with E-state index in [0.717, 1.165) is 0 Å². The first-order valence-electron chi connectivity index (χ1n) is 4.19. The molecule has 1 aromatic rings. The van der Waals surface area contributed by atoms with Crippen LogP contribution in [0, 0.1) is 11.7 Å². The number of aromatic nitrogens is 2. The summed E-state index contributed by atoms with van der Waals surface area (Å²) in [4.78, 5) is 0. The van der Waals surface area contributed by atoms with Gasteiger partial charge in [0.05, 0.1) is 6.20 Å². The van der Waals surface area contributed by atoms with Crippen LogP contribution in [0.15, 0.2) is 18.9 Å². The zero-order valence-corrected chi connectivity index (χ0v) is 7.87. The normalized spacial score (nSPS) is 11.4. The SMILES string of the molecule is C=Cc1c(F)cnn1/C=C\C(C)C. The van der Waals surface area contributed by atoms with E-state index in [2.05, 4.69) is 11.7 Å². The Morgan fingerprint density at radius 3 is 2.85 bits per heavy atom. The quantitative estimate of drug-likeness (QED) is 0.699. The number of allylic oxidation sites excluding steroid dienone is 1. The van der Waals surface area contributed by atoms with Gasteiger partial charge in [-0.1, -0.05) is 26.5 Å². The molecule has 0 N–H and O–H groups in total. The van der Waals surface area contributed by atoms with E-state index < -0.39 is 0 Å². The molecule has 0 bridgehead atoms. The minimum Gasteiger partial charge on any atom is -0.238 e. The molecule has 1 aromatic heterocycles. The molecule has 0 aliphatic carbocycles. The Hall–Kier alpha value is -1.38. The summed E-state index contributed by atoms with van der Waals surface area (Å²) in [6, 6.07) is 0. The van der Waals surface area contributed by atoms with Gasteiger partial charge < -0.3 is 0 Å². The van der Waals surface area contributed by atoms with E-state index in [9.17, 15) is 4.39 Å². The molecule has 0 radical (unpaired) electrons. The van der Waals surface area contributed by atoms with Crippen LogP contribution in [0.1, 0.15) is 19.5 Å². The molecule has 0 saturated heterocycles. The average molecular weight is 180 g/mol. The number of halogens is 1. The molecule has 0 saturated carbocycles. The van der Waals surface area contributed by atoms with Gasteiger partial charge in [-0.15, -0.1) is 0 Å². The summed E-state index contributed by atoms with van der Waals surface area (Å²) < 4.78 is 14.4. The lowest BCUT2D eigenvalue weighted by Crippen LogP contribution is -1.93. The fourth-order valence-electron chi connectivity index (χ4n) is 0.914. The van der Waals surface area contributed by atoms with Gasteiger partial charge in [-0.25, -0.2) is 9.07 Å². The lowest BCUT2D eigenvalue weighted by atomic mass is 10.2. The van der Waals surface area contributed by atoms with E-state index in [1.165, 1.54) is 17.0 Å². The highest BCUT2D eigenvalue weighted by atomic mass is 19.1. The predicted molar refractivity (Wildman–Crippen MR) is 52.4 cm³/mol. The van der Waals surface area contributed by atoms with E-state index >= 15 is 0 Å². The average Bonchev–Trinajstić information content (AvgIpc) is 2.42. The van der Waals surface area contributed by atoms with Gasteiger partial charge in [-0.2, -0.15) is 5.10 Å². The maximum atomic E-state index is 12.9. The number of nitrogens with zero attached hydrogens (tertiary/aromatic N) is 2. The van der Waals surface area contributed by atoms with E-state index in [1.54, 1.807) is 6.20 Å². The van der Waals surface area contributed by atoms with Crippen LogP contribution < -0.4 is 0 Å². The summed E-state index contributed by atoms with van der Waals surface area (Å²) in [6.07, 6.45) is 6.32. The summed E-state index contributed by atoms with van der Waals surface area (Å²) >= 11 is 0. The molecule has 0 aromatic carbocycles. The molecule has 0 atom stereocenters. The second kappa shape index (κ2) is 4.03. The smallest absolute Gasteiger partial charge is 0.168 e. The minimum absolute atomic E-state index is 0.344. The number of rotatable bonds is 3. The molecular formula is C10H13FN2. The number of hydrogen-bond donors (Lipinski definition) is 0. The van der Waals surface area contributed by atoms with Crippen LogP contribution in [0.2, 0.25) is 0 Å². The van der Waals surface area contributed by atoms with Crippen molar-refractivity contribution in [2.75, 3.05) is 0 Å². The third kappa shape index (κ3) is 2.28. The van der Waals surface area contributed by atoms with Gasteiger partial charge in [0, 0.05) is 6.20 Å². The standard InChI is InChI=1S/C10H13FN2/c1-4-10-9(11)7-12-13(10)6-5-8(2)3/h4-8H,1H2,2-3H3/b6-5-. The molecule has 0 aliphatic rings. The monoisotopic (exact) mass is 180 g/mol.